The maximum absolute atomic E-state index is 6.18. The van der Waals surface area contributed by atoms with Crippen molar-refractivity contribution >= 4 is 15.9 Å². The van der Waals surface area contributed by atoms with Crippen LogP contribution < -0.4 is 4.74 Å². The molecule has 0 saturated heterocycles. The minimum absolute atomic E-state index is 0.0805. The van der Waals surface area contributed by atoms with Gasteiger partial charge in [0.05, 0.1) is 13.7 Å². The Balaban J connectivity index is 2.17. The van der Waals surface area contributed by atoms with Gasteiger partial charge in [-0.25, -0.2) is 0 Å². The van der Waals surface area contributed by atoms with E-state index in [1.165, 1.54) is 0 Å². The lowest BCUT2D eigenvalue weighted by Gasteiger charge is -2.39. The smallest absolute Gasteiger partial charge is 0.147 e. The fourth-order valence-electron chi connectivity index (χ4n) is 2.90. The van der Waals surface area contributed by atoms with E-state index in [-0.39, 0.29) is 20.4 Å². The molecule has 9 heteroatoms. The molecule has 0 fully saturated rings. The van der Waals surface area contributed by atoms with E-state index in [1.54, 1.807) is 28.4 Å². The first-order chi connectivity index (χ1) is 14.1. The van der Waals surface area contributed by atoms with Gasteiger partial charge in [-0.1, -0.05) is 28.1 Å². The number of hydrogen-bond acceptors (Lipinski definition) is 8. The summed E-state index contributed by atoms with van der Waals surface area (Å²) >= 11 is 3.60. The van der Waals surface area contributed by atoms with Crippen LogP contribution in [0.25, 0.3) is 0 Å². The number of hydrogen-bond donors (Lipinski definition) is 0. The first-order valence-corrected chi connectivity index (χ1v) is 9.87. The highest BCUT2D eigenvalue weighted by molar-refractivity contribution is 9.11. The lowest BCUT2D eigenvalue weighted by molar-refractivity contribution is -0.223. The Labute approximate surface area is 180 Å². The van der Waals surface area contributed by atoms with Crippen molar-refractivity contribution in [3.63, 3.8) is 0 Å². The van der Waals surface area contributed by atoms with E-state index >= 15 is 0 Å². The van der Waals surface area contributed by atoms with E-state index in [0.29, 0.717) is 6.61 Å². The van der Waals surface area contributed by atoms with Gasteiger partial charge in [0.25, 0.3) is 0 Å². The Morgan fingerprint density at radius 2 is 1.34 bits per heavy atom. The van der Waals surface area contributed by atoms with Crippen LogP contribution in [0.2, 0.25) is 0 Å². The molecule has 2 rings (SSSR count). The molecule has 0 spiro atoms. The van der Waals surface area contributed by atoms with E-state index in [0.717, 1.165) is 15.8 Å². The van der Waals surface area contributed by atoms with Gasteiger partial charge >= 0.3 is 0 Å². The Bertz CT molecular complexity index is 609. The Kier molecular flexibility index (Phi) is 11.1. The lowest BCUT2D eigenvalue weighted by Crippen LogP contribution is -2.52. The third kappa shape index (κ3) is 7.30. The molecule has 1 aromatic carbocycles. The van der Waals surface area contributed by atoms with Gasteiger partial charge in [-0.05, 0) is 23.8 Å². The zero-order valence-electron chi connectivity index (χ0n) is 17.2. The second-order valence-electron chi connectivity index (χ2n) is 6.24. The first kappa shape index (κ1) is 24.2. The molecular weight excluding hydrogens is 448 g/mol. The lowest BCUT2D eigenvalue weighted by atomic mass is 9.95. The fraction of sp³-hybridized carbons (Fsp3) is 0.600. The van der Waals surface area contributed by atoms with Crippen molar-refractivity contribution in [3.05, 3.63) is 40.4 Å². The van der Waals surface area contributed by atoms with E-state index in [2.05, 4.69) is 15.9 Å². The summed E-state index contributed by atoms with van der Waals surface area (Å²) < 4.78 is 44.9. The van der Waals surface area contributed by atoms with Crippen LogP contribution in [-0.4, -0.2) is 73.2 Å². The molecule has 1 aromatic rings. The summed E-state index contributed by atoms with van der Waals surface area (Å²) in [5.74, 6) is 0.792. The van der Waals surface area contributed by atoms with Gasteiger partial charge in [0, 0.05) is 25.8 Å². The van der Waals surface area contributed by atoms with Gasteiger partial charge in [0.2, 0.25) is 0 Å². The number of rotatable bonds is 13. The molecule has 0 unspecified atom stereocenters. The van der Waals surface area contributed by atoms with Crippen molar-refractivity contribution in [2.75, 3.05) is 48.8 Å². The van der Waals surface area contributed by atoms with Crippen molar-refractivity contribution in [2.24, 2.45) is 0 Å². The monoisotopic (exact) mass is 476 g/mol. The van der Waals surface area contributed by atoms with E-state index < -0.39 is 24.4 Å². The summed E-state index contributed by atoms with van der Waals surface area (Å²) in [7, 11) is 6.31. The summed E-state index contributed by atoms with van der Waals surface area (Å²) in [5, 5.41) is 0. The molecule has 0 heterocycles. The molecule has 1 aliphatic rings. The van der Waals surface area contributed by atoms with Gasteiger partial charge in [0.1, 0.15) is 50.5 Å². The maximum Gasteiger partial charge on any atom is 0.147 e. The molecule has 0 N–H and O–H groups in total. The molecule has 1 aliphatic carbocycles. The highest BCUT2D eigenvalue weighted by Crippen LogP contribution is 2.33. The number of ether oxygens (including phenoxy) is 8. The molecular formula is C20H29BrO8. The largest absolute Gasteiger partial charge is 0.497 e. The van der Waals surface area contributed by atoms with Crippen LogP contribution in [0.3, 0.4) is 0 Å². The molecule has 0 aliphatic heterocycles. The normalized spacial score (nSPS) is 24.4. The van der Waals surface area contributed by atoms with Crippen molar-refractivity contribution in [1.82, 2.24) is 0 Å². The highest BCUT2D eigenvalue weighted by atomic mass is 79.9. The van der Waals surface area contributed by atoms with Crippen LogP contribution in [0, 0.1) is 0 Å². The standard InChI is InChI=1S/C20H29BrO8/c1-22-11-27-17-9-16(21)18(20(29-13-24-3)19(17)28-12-23-2)26-10-14-5-7-15(25-4)8-6-14/h5-9,17-20H,10-13H2,1-4H3/t17-,18-,19-,20-/m1/s1. The van der Waals surface area contributed by atoms with Crippen molar-refractivity contribution in [3.8, 4) is 5.75 Å². The van der Waals surface area contributed by atoms with Gasteiger partial charge in [-0.15, -0.1) is 0 Å². The summed E-state index contributed by atoms with van der Waals surface area (Å²) in [4.78, 5) is 0. The zero-order valence-corrected chi connectivity index (χ0v) is 18.8. The molecule has 0 amide bonds. The van der Waals surface area contributed by atoms with E-state index in [1.807, 2.05) is 30.3 Å². The Morgan fingerprint density at radius 3 is 1.93 bits per heavy atom. The quantitative estimate of drug-likeness (QED) is 0.402. The third-order valence-electron chi connectivity index (χ3n) is 4.26. The van der Waals surface area contributed by atoms with Crippen molar-refractivity contribution in [1.29, 1.82) is 0 Å². The van der Waals surface area contributed by atoms with E-state index in [4.69, 9.17) is 37.9 Å². The molecule has 0 saturated carbocycles. The average Bonchev–Trinajstić information content (AvgIpc) is 2.75. The predicted octanol–water partition coefficient (Wildman–Crippen LogP) is 2.84. The molecule has 8 nitrogen and oxygen atoms in total. The minimum atomic E-state index is -0.496. The molecule has 0 bridgehead atoms. The summed E-state index contributed by atoms with van der Waals surface area (Å²) in [5.41, 5.74) is 1.00. The van der Waals surface area contributed by atoms with Gasteiger partial charge in [0.15, 0.2) is 0 Å². The summed E-state index contributed by atoms with van der Waals surface area (Å²) in [6, 6.07) is 7.69. The highest BCUT2D eigenvalue weighted by Gasteiger charge is 2.43. The predicted molar refractivity (Wildman–Crippen MR) is 109 cm³/mol. The summed E-state index contributed by atoms with van der Waals surface area (Å²) in [6.45, 7) is 0.659. The van der Waals surface area contributed by atoms with Crippen LogP contribution in [0.15, 0.2) is 34.8 Å². The Hall–Kier alpha value is -1.04. The summed E-state index contributed by atoms with van der Waals surface area (Å²) in [6.07, 6.45) is 0.0794. The second-order valence-corrected chi connectivity index (χ2v) is 7.16. The minimum Gasteiger partial charge on any atom is -0.497 e. The molecule has 0 radical (unpaired) electrons. The second kappa shape index (κ2) is 13.3. The SMILES string of the molecule is COCO[C@H]1[C@H](OCOC)[C@H](OCOC)C=C(Br)[C@H]1OCc1ccc(OC)cc1. The number of methoxy groups -OCH3 is 4. The molecule has 4 atom stereocenters. The van der Waals surface area contributed by atoms with Crippen molar-refractivity contribution in [2.45, 2.75) is 31.0 Å². The van der Waals surface area contributed by atoms with Gasteiger partial charge in [-0.3, -0.25) is 0 Å². The third-order valence-corrected chi connectivity index (χ3v) is 4.98. The van der Waals surface area contributed by atoms with Crippen LogP contribution in [0.1, 0.15) is 5.56 Å². The molecule has 164 valence electrons. The average molecular weight is 477 g/mol. The first-order valence-electron chi connectivity index (χ1n) is 9.08. The number of halogens is 1. The van der Waals surface area contributed by atoms with Gasteiger partial charge in [-0.2, -0.15) is 0 Å². The fourth-order valence-corrected chi connectivity index (χ4v) is 3.55. The maximum atomic E-state index is 6.18. The van der Waals surface area contributed by atoms with Crippen LogP contribution in [0.5, 0.6) is 5.75 Å². The van der Waals surface area contributed by atoms with Crippen LogP contribution in [-0.2, 0) is 39.8 Å². The number of benzene rings is 1. The van der Waals surface area contributed by atoms with Crippen LogP contribution in [0.4, 0.5) is 0 Å². The molecule has 29 heavy (non-hydrogen) atoms. The Morgan fingerprint density at radius 1 is 0.759 bits per heavy atom. The zero-order chi connectivity index (χ0) is 21.1. The van der Waals surface area contributed by atoms with Crippen molar-refractivity contribution < 1.29 is 37.9 Å². The molecule has 0 aromatic heterocycles. The van der Waals surface area contributed by atoms with E-state index in [9.17, 15) is 0 Å². The van der Waals surface area contributed by atoms with Gasteiger partial charge < -0.3 is 37.9 Å². The van der Waals surface area contributed by atoms with Crippen LogP contribution >= 0.6 is 15.9 Å². The topological polar surface area (TPSA) is 73.8 Å².